The second-order valence-electron chi connectivity index (χ2n) is 7.37. The van der Waals surface area contributed by atoms with Gasteiger partial charge in [-0.2, -0.15) is 0 Å². The summed E-state index contributed by atoms with van der Waals surface area (Å²) in [7, 11) is 5.94. The predicted octanol–water partition coefficient (Wildman–Crippen LogP) is 4.28. The third kappa shape index (κ3) is 6.64. The van der Waals surface area contributed by atoms with Crippen LogP contribution >= 0.6 is 46.9 Å². The van der Waals surface area contributed by atoms with E-state index in [2.05, 4.69) is 49.2 Å². The summed E-state index contributed by atoms with van der Waals surface area (Å²) in [5, 5.41) is 6.51. The third-order valence-corrected chi connectivity index (χ3v) is 6.23. The number of aliphatic imine (C=N–C) groups is 1. The fourth-order valence-electron chi connectivity index (χ4n) is 3.75. The average Bonchev–Trinajstić information content (AvgIpc) is 3.25. The normalized spacial score (nSPS) is 18.0. The van der Waals surface area contributed by atoms with Crippen LogP contribution in [0, 0.1) is 5.92 Å². The highest BCUT2D eigenvalue weighted by molar-refractivity contribution is 14.0. The molecule has 156 valence electrons. The number of rotatable bonds is 6. The lowest BCUT2D eigenvalue weighted by Crippen LogP contribution is -2.44. The van der Waals surface area contributed by atoms with Crippen LogP contribution in [0.25, 0.3) is 0 Å². The van der Waals surface area contributed by atoms with E-state index in [1.807, 2.05) is 37.7 Å². The third-order valence-electron chi connectivity index (χ3n) is 5.16. The monoisotopic (exact) mass is 535 g/mol. The van der Waals surface area contributed by atoms with Gasteiger partial charge in [0.2, 0.25) is 0 Å². The minimum absolute atomic E-state index is 0. The zero-order valence-electron chi connectivity index (χ0n) is 16.9. The van der Waals surface area contributed by atoms with Crippen molar-refractivity contribution in [2.24, 2.45) is 18.0 Å². The maximum absolute atomic E-state index is 6.10. The molecule has 1 saturated heterocycles. The molecule has 1 aliphatic heterocycles. The summed E-state index contributed by atoms with van der Waals surface area (Å²) in [5.74, 6) is 1.59. The number of aromatic nitrogens is 1. The molecule has 2 aromatic rings. The molecule has 2 aromatic heterocycles. The van der Waals surface area contributed by atoms with Crippen LogP contribution in [0.15, 0.2) is 34.8 Å². The van der Waals surface area contributed by atoms with Crippen molar-refractivity contribution in [2.75, 3.05) is 33.7 Å². The largest absolute Gasteiger partial charge is 0.356 e. The molecule has 3 heterocycles. The summed E-state index contributed by atoms with van der Waals surface area (Å²) in [6.07, 6.45) is 4.49. The Kier molecular flexibility index (Phi) is 9.59. The van der Waals surface area contributed by atoms with Crippen LogP contribution in [-0.2, 0) is 20.1 Å². The average molecular weight is 536 g/mol. The van der Waals surface area contributed by atoms with Crippen molar-refractivity contribution in [3.63, 3.8) is 0 Å². The Balaban J connectivity index is 0.00000280. The van der Waals surface area contributed by atoms with Crippen LogP contribution in [0.4, 0.5) is 0 Å². The maximum atomic E-state index is 6.10. The maximum Gasteiger partial charge on any atom is 0.193 e. The van der Waals surface area contributed by atoms with Gasteiger partial charge in [0.15, 0.2) is 5.96 Å². The lowest BCUT2D eigenvalue weighted by Gasteiger charge is -2.33. The summed E-state index contributed by atoms with van der Waals surface area (Å²) in [6, 6.07) is 6.39. The molecule has 1 aliphatic rings. The molecule has 0 radical (unpaired) electrons. The topological polar surface area (TPSA) is 35.8 Å². The van der Waals surface area contributed by atoms with Crippen LogP contribution in [0.2, 0.25) is 5.02 Å². The van der Waals surface area contributed by atoms with Gasteiger partial charge < -0.3 is 14.8 Å². The smallest absolute Gasteiger partial charge is 0.193 e. The lowest BCUT2D eigenvalue weighted by atomic mass is 9.98. The Bertz CT molecular complexity index is 746. The fourth-order valence-corrected chi connectivity index (χ4v) is 4.76. The summed E-state index contributed by atoms with van der Waals surface area (Å²) in [4.78, 5) is 10.7. The molecule has 1 N–H and O–H groups in total. The van der Waals surface area contributed by atoms with Gasteiger partial charge in [-0.25, -0.2) is 0 Å². The fraction of sp³-hybridized carbons (Fsp3) is 0.550. The standard InChI is InChI=1S/C20H30ClN5S.HI/c1-22-20(25(3)14-18-10-17(21)13-24(18)2)23-11-16-6-4-8-26(12-16)15-19-7-5-9-27-19;/h5,7,9-10,13,16H,4,6,8,11-12,14-15H2,1-3H3,(H,22,23);1H. The van der Waals surface area contributed by atoms with E-state index in [0.717, 1.165) is 37.2 Å². The van der Waals surface area contributed by atoms with Gasteiger partial charge in [-0.3, -0.25) is 9.89 Å². The Morgan fingerprint density at radius 2 is 2.29 bits per heavy atom. The highest BCUT2D eigenvalue weighted by Gasteiger charge is 2.21. The first-order valence-corrected chi connectivity index (χ1v) is 10.8. The van der Waals surface area contributed by atoms with Crippen LogP contribution in [0.3, 0.4) is 0 Å². The van der Waals surface area contributed by atoms with Crippen molar-refractivity contribution in [1.82, 2.24) is 19.7 Å². The summed E-state index contributed by atoms with van der Waals surface area (Å²) in [6.45, 7) is 5.18. The number of thiophene rings is 1. The van der Waals surface area contributed by atoms with E-state index in [-0.39, 0.29) is 24.0 Å². The minimum Gasteiger partial charge on any atom is -0.356 e. The van der Waals surface area contributed by atoms with Crippen molar-refractivity contribution in [1.29, 1.82) is 0 Å². The predicted molar refractivity (Wildman–Crippen MR) is 131 cm³/mol. The summed E-state index contributed by atoms with van der Waals surface area (Å²) < 4.78 is 2.07. The second-order valence-corrected chi connectivity index (χ2v) is 8.84. The van der Waals surface area contributed by atoms with E-state index in [0.29, 0.717) is 5.92 Å². The first-order chi connectivity index (χ1) is 13.0. The number of likely N-dealkylation sites (tertiary alicyclic amines) is 1. The van der Waals surface area contributed by atoms with Gasteiger partial charge in [-0.15, -0.1) is 35.3 Å². The number of nitrogens with one attached hydrogen (secondary N) is 1. The van der Waals surface area contributed by atoms with Crippen molar-refractivity contribution in [2.45, 2.75) is 25.9 Å². The molecule has 5 nitrogen and oxygen atoms in total. The molecule has 0 amide bonds. The molecule has 1 fully saturated rings. The van der Waals surface area contributed by atoms with E-state index in [4.69, 9.17) is 11.6 Å². The first kappa shape index (κ1) is 23.5. The zero-order valence-corrected chi connectivity index (χ0v) is 20.8. The molecular weight excluding hydrogens is 505 g/mol. The first-order valence-electron chi connectivity index (χ1n) is 9.52. The Labute approximate surface area is 194 Å². The van der Waals surface area contributed by atoms with Gasteiger partial charge in [0, 0.05) is 57.5 Å². The number of piperidine rings is 1. The van der Waals surface area contributed by atoms with Gasteiger partial charge in [0.05, 0.1) is 11.6 Å². The quantitative estimate of drug-likeness (QED) is 0.341. The SMILES string of the molecule is CN=C(NCC1CCCN(Cc2cccs2)C1)N(C)Cc1cc(Cl)cn1C.I. The van der Waals surface area contributed by atoms with Crippen molar-refractivity contribution >= 4 is 52.9 Å². The van der Waals surface area contributed by atoms with E-state index < -0.39 is 0 Å². The number of hydrogen-bond donors (Lipinski definition) is 1. The van der Waals surface area contributed by atoms with Crippen molar-refractivity contribution in [3.05, 3.63) is 45.4 Å². The van der Waals surface area contributed by atoms with E-state index in [1.54, 1.807) is 0 Å². The Morgan fingerprint density at radius 1 is 1.46 bits per heavy atom. The molecule has 0 aromatic carbocycles. The van der Waals surface area contributed by atoms with Gasteiger partial charge in [0.25, 0.3) is 0 Å². The van der Waals surface area contributed by atoms with Crippen molar-refractivity contribution < 1.29 is 0 Å². The van der Waals surface area contributed by atoms with Crippen LogP contribution < -0.4 is 5.32 Å². The Morgan fingerprint density at radius 3 is 2.93 bits per heavy atom. The van der Waals surface area contributed by atoms with Gasteiger partial charge in [0.1, 0.15) is 0 Å². The highest BCUT2D eigenvalue weighted by atomic mass is 127. The summed E-state index contributed by atoms with van der Waals surface area (Å²) in [5.41, 5.74) is 1.17. The zero-order chi connectivity index (χ0) is 19.2. The number of nitrogens with zero attached hydrogens (tertiary/aromatic N) is 4. The number of halogens is 2. The minimum atomic E-state index is 0. The molecule has 1 atom stereocenters. The molecule has 28 heavy (non-hydrogen) atoms. The summed E-state index contributed by atoms with van der Waals surface area (Å²) >= 11 is 7.95. The lowest BCUT2D eigenvalue weighted by molar-refractivity contribution is 0.169. The van der Waals surface area contributed by atoms with E-state index in [1.165, 1.54) is 30.0 Å². The molecular formula is C20H31ClIN5S. The van der Waals surface area contributed by atoms with Gasteiger partial charge >= 0.3 is 0 Å². The van der Waals surface area contributed by atoms with Gasteiger partial charge in [-0.1, -0.05) is 17.7 Å². The number of hydrogen-bond acceptors (Lipinski definition) is 3. The second kappa shape index (κ2) is 11.4. The molecule has 0 bridgehead atoms. The molecule has 0 saturated carbocycles. The van der Waals surface area contributed by atoms with Crippen LogP contribution in [-0.4, -0.2) is 54.1 Å². The highest BCUT2D eigenvalue weighted by Crippen LogP contribution is 2.20. The molecule has 0 aliphatic carbocycles. The van der Waals surface area contributed by atoms with Crippen LogP contribution in [0.1, 0.15) is 23.4 Å². The van der Waals surface area contributed by atoms with Crippen molar-refractivity contribution in [3.8, 4) is 0 Å². The molecule has 3 rings (SSSR count). The Hall–Kier alpha value is -0.770. The molecule has 0 spiro atoms. The van der Waals surface area contributed by atoms with E-state index in [9.17, 15) is 0 Å². The van der Waals surface area contributed by atoms with E-state index >= 15 is 0 Å². The van der Waals surface area contributed by atoms with Crippen LogP contribution in [0.5, 0.6) is 0 Å². The number of aryl methyl sites for hydroxylation is 1. The molecule has 1 unspecified atom stereocenters. The number of guanidine groups is 1. The molecule has 8 heteroatoms. The van der Waals surface area contributed by atoms with Gasteiger partial charge in [-0.05, 0) is 42.8 Å².